The second-order valence-electron chi connectivity index (χ2n) is 16.0. The number of fused-ring (bicyclic) bond motifs is 12. The summed E-state index contributed by atoms with van der Waals surface area (Å²) in [7, 11) is 0. The topological polar surface area (TPSA) is 19.7 Å². The number of allylic oxidation sites excluding steroid dienone is 5. The molecule has 274 valence electrons. The summed E-state index contributed by atoms with van der Waals surface area (Å²) < 4.78 is 10.0. The van der Waals surface area contributed by atoms with Crippen molar-refractivity contribution in [3.05, 3.63) is 193 Å². The van der Waals surface area contributed by atoms with Crippen LogP contribution in [0.5, 0.6) is 0 Å². The van der Waals surface area contributed by atoms with Gasteiger partial charge in [0.25, 0.3) is 0 Å². The summed E-state index contributed by atoms with van der Waals surface area (Å²) in [5.41, 5.74) is 14.9. The molecule has 11 aromatic rings. The summed E-state index contributed by atoms with van der Waals surface area (Å²) in [6, 6.07) is 56.7. The molecule has 0 fully saturated rings. The van der Waals surface area contributed by atoms with Gasteiger partial charge in [-0.1, -0.05) is 109 Å². The Morgan fingerprint density at radius 1 is 0.397 bits per heavy atom. The Balaban J connectivity index is 1.08. The quantitative estimate of drug-likeness (QED) is 0.171. The van der Waals surface area contributed by atoms with Crippen molar-refractivity contribution >= 4 is 82.4 Å². The van der Waals surface area contributed by atoms with Crippen LogP contribution in [0.2, 0.25) is 0 Å². The number of para-hydroxylation sites is 4. The van der Waals surface area contributed by atoms with Crippen LogP contribution in [0.4, 0.5) is 0 Å². The van der Waals surface area contributed by atoms with Gasteiger partial charge in [0.2, 0.25) is 0 Å². The van der Waals surface area contributed by atoms with Gasteiger partial charge in [0.05, 0.1) is 39.1 Å². The van der Waals surface area contributed by atoms with E-state index in [1.165, 1.54) is 99.0 Å². The van der Waals surface area contributed by atoms with Crippen molar-refractivity contribution in [2.75, 3.05) is 0 Å². The highest BCUT2D eigenvalue weighted by atomic mass is 15.0. The molecule has 0 radical (unpaired) electrons. The van der Waals surface area contributed by atoms with Gasteiger partial charge in [0.15, 0.2) is 0 Å². The Morgan fingerprint density at radius 3 is 1.69 bits per heavy atom. The lowest BCUT2D eigenvalue weighted by Gasteiger charge is -2.18. The van der Waals surface area contributed by atoms with E-state index < -0.39 is 0 Å². The number of rotatable bonds is 4. The molecule has 0 saturated heterocycles. The Morgan fingerprint density at radius 2 is 0.966 bits per heavy atom. The fourth-order valence-electron chi connectivity index (χ4n) is 10.5. The third kappa shape index (κ3) is 4.40. The Labute approximate surface area is 335 Å². The number of aromatic nitrogens is 4. The lowest BCUT2D eigenvalue weighted by atomic mass is 9.99. The summed E-state index contributed by atoms with van der Waals surface area (Å²) >= 11 is 0. The minimum absolute atomic E-state index is 0.272. The van der Waals surface area contributed by atoms with E-state index in [2.05, 4.69) is 206 Å². The average Bonchev–Trinajstić information content (AvgIpc) is 4.00. The lowest BCUT2D eigenvalue weighted by molar-refractivity contribution is 0.648. The average molecular weight is 743 g/mol. The molecule has 0 bridgehead atoms. The molecule has 13 rings (SSSR count). The normalized spacial score (nSPS) is 15.3. The first-order chi connectivity index (χ1) is 28.8. The van der Waals surface area contributed by atoms with Gasteiger partial charge in [-0.2, -0.15) is 0 Å². The molecule has 7 aromatic carbocycles. The molecule has 4 aromatic heterocycles. The van der Waals surface area contributed by atoms with Crippen molar-refractivity contribution in [1.29, 1.82) is 0 Å². The number of hydrogen-bond donors (Lipinski definition) is 0. The molecule has 58 heavy (non-hydrogen) atoms. The van der Waals surface area contributed by atoms with Crippen molar-refractivity contribution in [1.82, 2.24) is 18.3 Å². The van der Waals surface area contributed by atoms with Gasteiger partial charge in [0.1, 0.15) is 0 Å². The molecule has 4 heteroatoms. The molecule has 0 aliphatic heterocycles. The van der Waals surface area contributed by atoms with Crippen LogP contribution in [0.1, 0.15) is 30.1 Å². The van der Waals surface area contributed by atoms with Gasteiger partial charge >= 0.3 is 0 Å². The predicted molar refractivity (Wildman–Crippen MR) is 244 cm³/mol. The summed E-state index contributed by atoms with van der Waals surface area (Å²) in [4.78, 5) is 0. The van der Waals surface area contributed by atoms with Gasteiger partial charge in [-0.15, -0.1) is 0 Å². The molecule has 4 heterocycles. The number of aryl methyl sites for hydroxylation is 1. The van der Waals surface area contributed by atoms with Crippen LogP contribution in [0, 0.1) is 0 Å². The van der Waals surface area contributed by atoms with Gasteiger partial charge < -0.3 is 18.3 Å². The molecule has 0 saturated carbocycles. The first-order valence-electron chi connectivity index (χ1n) is 20.5. The van der Waals surface area contributed by atoms with Crippen LogP contribution in [-0.2, 0) is 6.42 Å². The van der Waals surface area contributed by atoms with Gasteiger partial charge in [-0.05, 0) is 104 Å². The fraction of sp³-hybridized carbons (Fsp3) is 0.0741. The van der Waals surface area contributed by atoms with Gasteiger partial charge in [-0.25, -0.2) is 0 Å². The van der Waals surface area contributed by atoms with Crippen LogP contribution in [0.15, 0.2) is 182 Å². The lowest BCUT2D eigenvalue weighted by Crippen LogP contribution is -2.07. The molecule has 1 unspecified atom stereocenters. The maximum atomic E-state index is 2.57. The molecule has 2 aliphatic rings. The fourth-order valence-corrected chi connectivity index (χ4v) is 10.5. The number of nitrogens with zero attached hydrogens (tertiary/aromatic N) is 4. The van der Waals surface area contributed by atoms with Crippen molar-refractivity contribution in [2.24, 2.45) is 0 Å². The molecular weight excluding hydrogens is 705 g/mol. The molecule has 0 amide bonds. The first-order valence-corrected chi connectivity index (χ1v) is 20.5. The SMILES string of the molecule is C1=CCC(n2c3ccccc3c3cc4c5c(n(-c6cccc(-n7c8ccccc8c8cc9c%10ccccc%10n(-c%10ccccc%10)c9cc87)c6)c4cc32)C=CCC5)C=C1. The van der Waals surface area contributed by atoms with Crippen molar-refractivity contribution in [2.45, 2.75) is 25.3 Å². The Hall–Kier alpha value is -7.30. The Bertz CT molecular complexity index is 3600. The second kappa shape index (κ2) is 12.1. The molecule has 2 aliphatic carbocycles. The minimum Gasteiger partial charge on any atom is -0.333 e. The van der Waals surface area contributed by atoms with E-state index in [0.29, 0.717) is 0 Å². The highest BCUT2D eigenvalue weighted by Crippen LogP contribution is 2.43. The van der Waals surface area contributed by atoms with E-state index in [1.54, 1.807) is 0 Å². The maximum Gasteiger partial charge on any atom is 0.0562 e. The summed E-state index contributed by atoms with van der Waals surface area (Å²) in [6.07, 6.45) is 16.8. The van der Waals surface area contributed by atoms with Crippen molar-refractivity contribution in [3.63, 3.8) is 0 Å². The van der Waals surface area contributed by atoms with E-state index in [9.17, 15) is 0 Å². The summed E-state index contributed by atoms with van der Waals surface area (Å²) in [5, 5.41) is 9.07. The van der Waals surface area contributed by atoms with E-state index >= 15 is 0 Å². The zero-order valence-electron chi connectivity index (χ0n) is 31.9. The molecular formula is C54H38N4. The van der Waals surface area contributed by atoms with Crippen LogP contribution >= 0.6 is 0 Å². The van der Waals surface area contributed by atoms with Crippen LogP contribution < -0.4 is 0 Å². The number of benzene rings is 7. The number of hydrogen-bond acceptors (Lipinski definition) is 0. The van der Waals surface area contributed by atoms with Crippen molar-refractivity contribution in [3.8, 4) is 17.1 Å². The maximum absolute atomic E-state index is 2.57. The van der Waals surface area contributed by atoms with Gasteiger partial charge in [0, 0.05) is 66.0 Å². The van der Waals surface area contributed by atoms with Crippen LogP contribution in [0.25, 0.3) is 99.5 Å². The van der Waals surface area contributed by atoms with Crippen LogP contribution in [0.3, 0.4) is 0 Å². The van der Waals surface area contributed by atoms with E-state index in [1.807, 2.05) is 0 Å². The molecule has 4 nitrogen and oxygen atoms in total. The first kappa shape index (κ1) is 31.9. The van der Waals surface area contributed by atoms with E-state index in [0.717, 1.165) is 24.9 Å². The molecule has 0 N–H and O–H groups in total. The monoisotopic (exact) mass is 742 g/mol. The third-order valence-corrected chi connectivity index (χ3v) is 12.9. The minimum atomic E-state index is 0.272. The highest BCUT2D eigenvalue weighted by molar-refractivity contribution is 6.19. The Kier molecular flexibility index (Phi) is 6.65. The zero-order chi connectivity index (χ0) is 37.9. The molecule has 0 spiro atoms. The predicted octanol–water partition coefficient (Wildman–Crippen LogP) is 13.9. The summed E-state index contributed by atoms with van der Waals surface area (Å²) in [6.45, 7) is 0. The highest BCUT2D eigenvalue weighted by Gasteiger charge is 2.24. The third-order valence-electron chi connectivity index (χ3n) is 12.9. The standard InChI is InChI=1S/C54H38N4/c1-3-16-35(17-4-1)55-47-26-11-7-22-39(47)43-31-45-41-24-9-13-28-49(41)57(53(45)33-51(43)55)37-20-15-21-38(30-37)58-50-29-14-10-25-42(50)46-32-44-40-23-8-12-27-48(40)56(52(44)34-54(46)58)36-18-5-2-6-19-36/h1-9,11-18,20-24,26-34,36H,10,19,25H2. The summed E-state index contributed by atoms with van der Waals surface area (Å²) in [5.74, 6) is 0. The van der Waals surface area contributed by atoms with E-state index in [-0.39, 0.29) is 6.04 Å². The van der Waals surface area contributed by atoms with Gasteiger partial charge in [-0.3, -0.25) is 0 Å². The zero-order valence-corrected chi connectivity index (χ0v) is 31.9. The second-order valence-corrected chi connectivity index (χ2v) is 16.0. The van der Waals surface area contributed by atoms with E-state index in [4.69, 9.17) is 0 Å². The van der Waals surface area contributed by atoms with Crippen molar-refractivity contribution < 1.29 is 0 Å². The smallest absolute Gasteiger partial charge is 0.0562 e. The largest absolute Gasteiger partial charge is 0.333 e. The van der Waals surface area contributed by atoms with Crippen LogP contribution in [-0.4, -0.2) is 18.3 Å². The molecule has 1 atom stereocenters.